The normalized spacial score (nSPS) is 10.6. The van der Waals surface area contributed by atoms with Gasteiger partial charge in [0.25, 0.3) is 11.5 Å². The SMILES string of the molecule is O=C(NCCn1nc(-c2ccc(Cl)cc2)ccc1=O)c1ccc(F)cc1F. The third kappa shape index (κ3) is 4.57. The molecule has 0 unspecified atom stereocenters. The number of rotatable bonds is 5. The first kappa shape index (κ1) is 18.7. The van der Waals surface area contributed by atoms with E-state index in [0.717, 1.165) is 17.7 Å². The molecule has 0 saturated heterocycles. The van der Waals surface area contributed by atoms with E-state index in [-0.39, 0.29) is 24.2 Å². The fraction of sp³-hybridized carbons (Fsp3) is 0.105. The molecule has 0 atom stereocenters. The first-order chi connectivity index (χ1) is 12.9. The molecule has 0 aliphatic rings. The van der Waals surface area contributed by atoms with Crippen molar-refractivity contribution in [1.82, 2.24) is 15.1 Å². The van der Waals surface area contributed by atoms with E-state index in [4.69, 9.17) is 11.6 Å². The lowest BCUT2D eigenvalue weighted by molar-refractivity contribution is 0.0947. The number of amides is 1. The van der Waals surface area contributed by atoms with Gasteiger partial charge in [-0.3, -0.25) is 9.59 Å². The van der Waals surface area contributed by atoms with E-state index in [2.05, 4.69) is 10.4 Å². The van der Waals surface area contributed by atoms with Gasteiger partial charge in [-0.1, -0.05) is 23.7 Å². The summed E-state index contributed by atoms with van der Waals surface area (Å²) in [5.74, 6) is -2.42. The van der Waals surface area contributed by atoms with Crippen molar-refractivity contribution in [2.45, 2.75) is 6.54 Å². The van der Waals surface area contributed by atoms with Crippen molar-refractivity contribution in [2.24, 2.45) is 0 Å². The fourth-order valence-corrected chi connectivity index (χ4v) is 2.55. The van der Waals surface area contributed by atoms with E-state index < -0.39 is 17.5 Å². The average molecular weight is 390 g/mol. The largest absolute Gasteiger partial charge is 0.350 e. The lowest BCUT2D eigenvalue weighted by Crippen LogP contribution is -2.32. The van der Waals surface area contributed by atoms with Gasteiger partial charge in [-0.15, -0.1) is 0 Å². The molecule has 1 aromatic heterocycles. The zero-order valence-corrected chi connectivity index (χ0v) is 14.7. The molecule has 0 fully saturated rings. The van der Waals surface area contributed by atoms with E-state index in [0.29, 0.717) is 16.8 Å². The highest BCUT2D eigenvalue weighted by atomic mass is 35.5. The van der Waals surface area contributed by atoms with E-state index in [1.165, 1.54) is 10.7 Å². The molecular formula is C19H14ClF2N3O2. The summed E-state index contributed by atoms with van der Waals surface area (Å²) in [5.41, 5.74) is 0.745. The first-order valence-corrected chi connectivity index (χ1v) is 8.39. The first-order valence-electron chi connectivity index (χ1n) is 8.01. The molecule has 0 bridgehead atoms. The summed E-state index contributed by atoms with van der Waals surface area (Å²) >= 11 is 5.86. The maximum atomic E-state index is 13.6. The zero-order valence-electron chi connectivity index (χ0n) is 14.0. The summed E-state index contributed by atoms with van der Waals surface area (Å²) in [5, 5.41) is 7.33. The van der Waals surface area contributed by atoms with E-state index in [9.17, 15) is 18.4 Å². The number of carbonyl (C=O) groups is 1. The summed E-state index contributed by atoms with van der Waals surface area (Å²) < 4.78 is 27.7. The predicted octanol–water partition coefficient (Wildman–Crippen LogP) is 3.27. The molecule has 0 aliphatic carbocycles. The molecule has 1 N–H and O–H groups in total. The minimum absolute atomic E-state index is 0.0482. The van der Waals surface area contributed by atoms with Crippen molar-refractivity contribution in [3.05, 3.63) is 87.2 Å². The number of nitrogens with zero attached hydrogens (tertiary/aromatic N) is 2. The highest BCUT2D eigenvalue weighted by molar-refractivity contribution is 6.30. The van der Waals surface area contributed by atoms with Crippen molar-refractivity contribution < 1.29 is 13.6 Å². The van der Waals surface area contributed by atoms with Gasteiger partial charge in [-0.05, 0) is 30.3 Å². The molecule has 1 amide bonds. The van der Waals surface area contributed by atoms with Gasteiger partial charge in [-0.25, -0.2) is 13.5 Å². The number of halogens is 3. The van der Waals surface area contributed by atoms with Crippen LogP contribution in [0.4, 0.5) is 8.78 Å². The van der Waals surface area contributed by atoms with Gasteiger partial charge < -0.3 is 5.32 Å². The van der Waals surface area contributed by atoms with Gasteiger partial charge in [0.2, 0.25) is 0 Å². The molecular weight excluding hydrogens is 376 g/mol. The second-order valence-electron chi connectivity index (χ2n) is 5.67. The van der Waals surface area contributed by atoms with Crippen molar-refractivity contribution in [3.8, 4) is 11.3 Å². The smallest absolute Gasteiger partial charge is 0.266 e. The number of nitrogens with one attached hydrogen (secondary N) is 1. The standard InChI is InChI=1S/C19H14ClF2N3O2/c20-13-3-1-12(2-4-13)17-7-8-18(26)25(24-17)10-9-23-19(27)15-6-5-14(21)11-16(15)22/h1-8,11H,9-10H2,(H,23,27). The zero-order chi connectivity index (χ0) is 19.4. The second-order valence-corrected chi connectivity index (χ2v) is 6.10. The van der Waals surface area contributed by atoms with Gasteiger partial charge in [0, 0.05) is 29.3 Å². The lowest BCUT2D eigenvalue weighted by atomic mass is 10.1. The van der Waals surface area contributed by atoms with Crippen LogP contribution in [-0.4, -0.2) is 22.2 Å². The van der Waals surface area contributed by atoms with Gasteiger partial charge in [0.05, 0.1) is 17.8 Å². The van der Waals surface area contributed by atoms with Crippen LogP contribution in [0.15, 0.2) is 59.4 Å². The topological polar surface area (TPSA) is 64.0 Å². The Hall–Kier alpha value is -3.06. The summed E-state index contributed by atoms with van der Waals surface area (Å²) in [7, 11) is 0. The number of carbonyl (C=O) groups excluding carboxylic acids is 1. The van der Waals surface area contributed by atoms with Crippen LogP contribution in [0.1, 0.15) is 10.4 Å². The Morgan fingerprint density at radius 3 is 2.52 bits per heavy atom. The Labute approximate surface area is 158 Å². The summed E-state index contributed by atoms with van der Waals surface area (Å²) in [6, 6.07) is 12.6. The predicted molar refractivity (Wildman–Crippen MR) is 97.6 cm³/mol. The molecule has 138 valence electrons. The Morgan fingerprint density at radius 2 is 1.81 bits per heavy atom. The second kappa shape index (κ2) is 8.09. The minimum atomic E-state index is -0.951. The van der Waals surface area contributed by atoms with Crippen molar-refractivity contribution in [3.63, 3.8) is 0 Å². The van der Waals surface area contributed by atoms with Crippen LogP contribution in [0.5, 0.6) is 0 Å². The van der Waals surface area contributed by atoms with Gasteiger partial charge in [0.1, 0.15) is 11.6 Å². The third-order valence-electron chi connectivity index (χ3n) is 3.79. The van der Waals surface area contributed by atoms with Crippen LogP contribution < -0.4 is 10.9 Å². The van der Waals surface area contributed by atoms with Gasteiger partial charge >= 0.3 is 0 Å². The number of aromatic nitrogens is 2. The summed E-state index contributed by atoms with van der Waals surface area (Å²) in [4.78, 5) is 23.9. The number of hydrogen-bond acceptors (Lipinski definition) is 3. The van der Waals surface area contributed by atoms with Crippen molar-refractivity contribution in [2.75, 3.05) is 6.54 Å². The molecule has 8 heteroatoms. The summed E-state index contributed by atoms with van der Waals surface area (Å²) in [6.45, 7) is 0.140. The van der Waals surface area contributed by atoms with E-state index >= 15 is 0 Å². The van der Waals surface area contributed by atoms with Crippen molar-refractivity contribution in [1.29, 1.82) is 0 Å². The van der Waals surface area contributed by atoms with Crippen LogP contribution in [0, 0.1) is 11.6 Å². The molecule has 1 heterocycles. The van der Waals surface area contributed by atoms with Gasteiger partial charge in [0.15, 0.2) is 0 Å². The molecule has 3 rings (SSSR count). The van der Waals surface area contributed by atoms with Crippen LogP contribution >= 0.6 is 11.6 Å². The van der Waals surface area contributed by atoms with Crippen LogP contribution in [-0.2, 0) is 6.54 Å². The van der Waals surface area contributed by atoms with Gasteiger partial charge in [-0.2, -0.15) is 5.10 Å². The molecule has 2 aromatic carbocycles. The monoisotopic (exact) mass is 389 g/mol. The van der Waals surface area contributed by atoms with Crippen LogP contribution in [0.25, 0.3) is 11.3 Å². The molecule has 0 radical (unpaired) electrons. The third-order valence-corrected chi connectivity index (χ3v) is 4.04. The molecule has 27 heavy (non-hydrogen) atoms. The quantitative estimate of drug-likeness (QED) is 0.728. The average Bonchev–Trinajstić information content (AvgIpc) is 2.64. The lowest BCUT2D eigenvalue weighted by Gasteiger charge is -2.09. The van der Waals surface area contributed by atoms with Crippen molar-refractivity contribution >= 4 is 17.5 Å². The molecule has 0 aliphatic heterocycles. The van der Waals surface area contributed by atoms with Crippen LogP contribution in [0.3, 0.4) is 0 Å². The molecule has 0 saturated carbocycles. The Balaban J connectivity index is 1.69. The van der Waals surface area contributed by atoms with E-state index in [1.54, 1.807) is 30.3 Å². The molecule has 3 aromatic rings. The Morgan fingerprint density at radius 1 is 1.07 bits per heavy atom. The molecule has 5 nitrogen and oxygen atoms in total. The highest BCUT2D eigenvalue weighted by Crippen LogP contribution is 2.18. The Kier molecular flexibility index (Phi) is 5.61. The Bertz CT molecular complexity index is 1040. The number of benzene rings is 2. The van der Waals surface area contributed by atoms with Crippen LogP contribution in [0.2, 0.25) is 5.02 Å². The maximum absolute atomic E-state index is 13.6. The molecule has 0 spiro atoms. The number of hydrogen-bond donors (Lipinski definition) is 1. The highest BCUT2D eigenvalue weighted by Gasteiger charge is 2.12. The maximum Gasteiger partial charge on any atom is 0.266 e. The minimum Gasteiger partial charge on any atom is -0.350 e. The fourth-order valence-electron chi connectivity index (χ4n) is 2.43. The van der Waals surface area contributed by atoms with E-state index in [1.807, 2.05) is 0 Å². The summed E-state index contributed by atoms with van der Waals surface area (Å²) in [6.07, 6.45) is 0.